The van der Waals surface area contributed by atoms with Crippen molar-refractivity contribution in [3.63, 3.8) is 0 Å². The Morgan fingerprint density at radius 1 is 1.05 bits per heavy atom. The molecule has 6 nitrogen and oxygen atoms in total. The summed E-state index contributed by atoms with van der Waals surface area (Å²) in [6, 6.07) is 5.61. The Labute approximate surface area is 221 Å². The molecule has 5 heterocycles. The summed E-state index contributed by atoms with van der Waals surface area (Å²) in [6.07, 6.45) is 11.8. The van der Waals surface area contributed by atoms with Crippen molar-refractivity contribution in [2.75, 3.05) is 26.2 Å². The number of nitrogens with zero attached hydrogens (tertiary/aromatic N) is 3. The van der Waals surface area contributed by atoms with Crippen LogP contribution in [0, 0.1) is 11.3 Å². The lowest BCUT2D eigenvalue weighted by atomic mass is 9.42. The number of benzene rings is 1. The number of phenols is 1. The second kappa shape index (κ2) is 7.88. The minimum absolute atomic E-state index is 0.0307. The summed E-state index contributed by atoms with van der Waals surface area (Å²) in [4.78, 5) is 21.7. The van der Waals surface area contributed by atoms with Crippen LogP contribution in [0.4, 0.5) is 0 Å². The number of phenolic OH excluding ortho intramolecular Hbond substituents is 1. The molecule has 1 aromatic rings. The van der Waals surface area contributed by atoms with Crippen molar-refractivity contribution in [2.45, 2.75) is 114 Å². The molecule has 6 fully saturated rings. The van der Waals surface area contributed by atoms with Crippen LogP contribution in [0.1, 0.15) is 82.8 Å². The molecule has 4 saturated heterocycles. The van der Waals surface area contributed by atoms with Gasteiger partial charge in [-0.25, -0.2) is 0 Å². The smallest absolute Gasteiger partial charge is 0.237 e. The Morgan fingerprint density at radius 3 is 2.65 bits per heavy atom. The average molecular weight is 506 g/mol. The molecular weight excluding hydrogens is 462 g/mol. The van der Waals surface area contributed by atoms with E-state index in [9.17, 15) is 9.90 Å². The zero-order valence-electron chi connectivity index (χ0n) is 22.6. The number of piperidine rings is 2. The zero-order chi connectivity index (χ0) is 25.1. The van der Waals surface area contributed by atoms with Gasteiger partial charge in [0.25, 0.3) is 0 Å². The van der Waals surface area contributed by atoms with E-state index in [0.29, 0.717) is 36.3 Å². The van der Waals surface area contributed by atoms with E-state index >= 15 is 0 Å². The van der Waals surface area contributed by atoms with Crippen LogP contribution in [0.5, 0.6) is 11.5 Å². The Hall–Kier alpha value is -1.79. The van der Waals surface area contributed by atoms with E-state index in [-0.39, 0.29) is 23.0 Å². The number of aromatic hydroxyl groups is 1. The summed E-state index contributed by atoms with van der Waals surface area (Å²) >= 11 is 0. The van der Waals surface area contributed by atoms with Crippen LogP contribution in [0.2, 0.25) is 0 Å². The van der Waals surface area contributed by atoms with Crippen LogP contribution in [0.25, 0.3) is 0 Å². The number of carbonyl (C=O) groups excluding carboxylic acids is 1. The van der Waals surface area contributed by atoms with E-state index in [0.717, 1.165) is 50.4 Å². The highest BCUT2D eigenvalue weighted by Crippen LogP contribution is 2.71. The minimum atomic E-state index is -0.0664. The van der Waals surface area contributed by atoms with Crippen LogP contribution >= 0.6 is 0 Å². The molecule has 0 unspecified atom stereocenters. The van der Waals surface area contributed by atoms with Gasteiger partial charge in [-0.05, 0) is 95.7 Å². The van der Waals surface area contributed by atoms with Crippen molar-refractivity contribution < 1.29 is 14.6 Å². The third-order valence-electron chi connectivity index (χ3n) is 12.2. The number of ether oxygens (including phenoxy) is 1. The first kappa shape index (κ1) is 23.1. The van der Waals surface area contributed by atoms with E-state index in [1.807, 2.05) is 6.07 Å². The van der Waals surface area contributed by atoms with Gasteiger partial charge in [0, 0.05) is 47.6 Å². The molecule has 1 amide bonds. The van der Waals surface area contributed by atoms with Crippen molar-refractivity contribution >= 4 is 5.91 Å². The lowest BCUT2D eigenvalue weighted by Crippen LogP contribution is -2.73. The highest BCUT2D eigenvalue weighted by atomic mass is 16.5. The SMILES string of the molecule is C[C@@H]1CCC[C@H](C)N1CC(=O)N1CC[C@@]23CC[C@@H]1[C@@H]1Oc4c(O)ccc5c4[C@@]12CCN(CC1CC1)[C@@H]3C5. The van der Waals surface area contributed by atoms with E-state index in [2.05, 4.69) is 34.6 Å². The summed E-state index contributed by atoms with van der Waals surface area (Å²) in [5, 5.41) is 11.0. The Kier molecular flexibility index (Phi) is 4.92. The van der Waals surface area contributed by atoms with Crippen molar-refractivity contribution in [2.24, 2.45) is 11.3 Å². The lowest BCUT2D eigenvalue weighted by molar-refractivity contribution is -0.146. The highest BCUT2D eigenvalue weighted by molar-refractivity contribution is 5.79. The number of carbonyl (C=O) groups is 1. The summed E-state index contributed by atoms with van der Waals surface area (Å²) in [5.74, 6) is 2.22. The van der Waals surface area contributed by atoms with E-state index in [1.165, 1.54) is 56.2 Å². The number of hydrogen-bond donors (Lipinski definition) is 1. The van der Waals surface area contributed by atoms with Gasteiger partial charge in [-0.1, -0.05) is 12.5 Å². The molecular formula is C31H43N3O3. The molecule has 200 valence electrons. The average Bonchev–Trinajstić information content (AvgIpc) is 3.67. The van der Waals surface area contributed by atoms with E-state index in [4.69, 9.17) is 4.74 Å². The normalized spacial score (nSPS) is 42.3. The molecule has 2 spiro atoms. The first-order chi connectivity index (χ1) is 17.9. The van der Waals surface area contributed by atoms with E-state index < -0.39 is 0 Å². The molecule has 7 atom stereocenters. The van der Waals surface area contributed by atoms with Crippen molar-refractivity contribution in [3.8, 4) is 11.5 Å². The molecule has 1 N–H and O–H groups in total. The van der Waals surface area contributed by atoms with Gasteiger partial charge in [-0.15, -0.1) is 0 Å². The predicted molar refractivity (Wildman–Crippen MR) is 142 cm³/mol. The van der Waals surface area contributed by atoms with Gasteiger partial charge in [-0.3, -0.25) is 14.6 Å². The largest absolute Gasteiger partial charge is 0.504 e. The first-order valence-electron chi connectivity index (χ1n) is 15.2. The van der Waals surface area contributed by atoms with Gasteiger partial charge >= 0.3 is 0 Å². The van der Waals surface area contributed by atoms with Crippen LogP contribution in [0.15, 0.2) is 12.1 Å². The number of fused-ring (bicyclic) bond motifs is 3. The van der Waals surface area contributed by atoms with Gasteiger partial charge in [-0.2, -0.15) is 0 Å². The van der Waals surface area contributed by atoms with Gasteiger partial charge in [0.05, 0.1) is 12.6 Å². The molecule has 37 heavy (non-hydrogen) atoms. The highest BCUT2D eigenvalue weighted by Gasteiger charge is 2.74. The van der Waals surface area contributed by atoms with Crippen LogP contribution in [-0.4, -0.2) is 82.2 Å². The number of likely N-dealkylation sites (tertiary alicyclic amines) is 2. The van der Waals surface area contributed by atoms with Crippen LogP contribution in [-0.2, 0) is 16.6 Å². The first-order valence-corrected chi connectivity index (χ1v) is 15.2. The fourth-order valence-electron chi connectivity index (χ4n) is 10.3. The van der Waals surface area contributed by atoms with Gasteiger partial charge in [0.1, 0.15) is 6.10 Å². The predicted octanol–water partition coefficient (Wildman–Crippen LogP) is 4.08. The summed E-state index contributed by atoms with van der Waals surface area (Å²) in [7, 11) is 0. The molecule has 0 aromatic heterocycles. The molecule has 3 aliphatic carbocycles. The molecule has 2 saturated carbocycles. The Bertz CT molecular complexity index is 1120. The number of hydrogen-bond acceptors (Lipinski definition) is 5. The molecule has 0 radical (unpaired) electrons. The number of rotatable bonds is 4. The van der Waals surface area contributed by atoms with Crippen molar-refractivity contribution in [3.05, 3.63) is 23.3 Å². The summed E-state index contributed by atoms with van der Waals surface area (Å²) in [5.41, 5.74) is 2.79. The Balaban J connectivity index is 1.20. The van der Waals surface area contributed by atoms with Gasteiger partial charge in [0.15, 0.2) is 11.5 Å². The maximum Gasteiger partial charge on any atom is 0.237 e. The fourth-order valence-corrected chi connectivity index (χ4v) is 10.3. The molecule has 5 aliphatic heterocycles. The lowest BCUT2D eigenvalue weighted by Gasteiger charge is -2.66. The standard InChI is InChI=1S/C31H43N3O3/c1-19-4-3-5-20(2)34(19)18-26(36)33-15-12-30-11-10-23(33)29-31(30)13-14-32(17-21-6-7-21)25(30)16-22-8-9-24(35)28(37-29)27(22)31/h8-9,19-21,23,25,29,35H,3-7,10-18H2,1-2H3/t19-,20+,23-,25-,29+,30-,31+/m1/s1. The molecule has 4 bridgehead atoms. The molecule has 6 heteroatoms. The summed E-state index contributed by atoms with van der Waals surface area (Å²) < 4.78 is 6.88. The third kappa shape index (κ3) is 2.98. The summed E-state index contributed by atoms with van der Waals surface area (Å²) in [6.45, 7) is 8.35. The van der Waals surface area contributed by atoms with Crippen LogP contribution < -0.4 is 4.74 Å². The van der Waals surface area contributed by atoms with Gasteiger partial charge in [0.2, 0.25) is 5.91 Å². The maximum atomic E-state index is 14.1. The van der Waals surface area contributed by atoms with E-state index in [1.54, 1.807) is 0 Å². The maximum absolute atomic E-state index is 14.1. The second-order valence-electron chi connectivity index (χ2n) is 13.8. The molecule has 9 rings (SSSR count). The fraction of sp³-hybridized carbons (Fsp3) is 0.774. The van der Waals surface area contributed by atoms with Crippen molar-refractivity contribution in [1.29, 1.82) is 0 Å². The molecule has 8 aliphatic rings. The Morgan fingerprint density at radius 2 is 1.86 bits per heavy atom. The minimum Gasteiger partial charge on any atom is -0.504 e. The van der Waals surface area contributed by atoms with Crippen LogP contribution in [0.3, 0.4) is 0 Å². The number of amides is 1. The third-order valence-corrected chi connectivity index (χ3v) is 12.2. The second-order valence-corrected chi connectivity index (χ2v) is 13.8. The topological polar surface area (TPSA) is 56.3 Å². The van der Waals surface area contributed by atoms with Crippen molar-refractivity contribution in [1.82, 2.24) is 14.7 Å². The monoisotopic (exact) mass is 505 g/mol. The quantitative estimate of drug-likeness (QED) is 0.669. The molecule has 1 aromatic carbocycles. The zero-order valence-corrected chi connectivity index (χ0v) is 22.6. The van der Waals surface area contributed by atoms with Gasteiger partial charge < -0.3 is 14.7 Å².